The Morgan fingerprint density at radius 1 is 1.30 bits per heavy atom. The summed E-state index contributed by atoms with van der Waals surface area (Å²) in [5.41, 5.74) is 0. The third kappa shape index (κ3) is 4.54. The van der Waals surface area contributed by atoms with Gasteiger partial charge in [0.1, 0.15) is 5.82 Å². The molecule has 0 aromatic carbocycles. The summed E-state index contributed by atoms with van der Waals surface area (Å²) in [5.74, 6) is 0.878. The Labute approximate surface area is 137 Å². The number of aryl methyl sites for hydroxylation is 1. The number of carbonyl (C=O) groups is 2. The normalized spacial score (nSPS) is 18.0. The number of nitrogens with zero attached hydrogens (tertiary/aromatic N) is 5. The van der Waals surface area contributed by atoms with Crippen molar-refractivity contribution >= 4 is 11.8 Å². The SMILES string of the molecule is Cc1nccn1CCN(C)C(=O)[C@H]1CC(=O)N(CCN(C)C)C1. The summed E-state index contributed by atoms with van der Waals surface area (Å²) in [5, 5.41) is 0. The monoisotopic (exact) mass is 321 g/mol. The van der Waals surface area contributed by atoms with Crippen LogP contribution >= 0.6 is 0 Å². The number of hydrogen-bond acceptors (Lipinski definition) is 4. The maximum absolute atomic E-state index is 12.5. The van der Waals surface area contributed by atoms with Crippen LogP contribution in [0.2, 0.25) is 0 Å². The fourth-order valence-corrected chi connectivity index (χ4v) is 2.79. The van der Waals surface area contributed by atoms with E-state index in [2.05, 4.69) is 4.98 Å². The minimum Gasteiger partial charge on any atom is -0.344 e. The number of rotatable bonds is 7. The first-order valence-corrected chi connectivity index (χ1v) is 8.03. The van der Waals surface area contributed by atoms with Crippen LogP contribution in [0.15, 0.2) is 12.4 Å². The molecule has 23 heavy (non-hydrogen) atoms. The van der Waals surface area contributed by atoms with E-state index in [0.29, 0.717) is 26.1 Å². The Hall–Kier alpha value is -1.89. The van der Waals surface area contributed by atoms with Crippen molar-refractivity contribution in [2.45, 2.75) is 19.9 Å². The average Bonchev–Trinajstić information content (AvgIpc) is 3.07. The second-order valence-corrected chi connectivity index (χ2v) is 6.47. The number of carbonyl (C=O) groups excluding carboxylic acids is 2. The molecule has 1 aliphatic heterocycles. The van der Waals surface area contributed by atoms with Crippen LogP contribution in [-0.2, 0) is 16.1 Å². The van der Waals surface area contributed by atoms with E-state index in [1.807, 2.05) is 43.7 Å². The van der Waals surface area contributed by atoms with Crippen LogP contribution in [0.1, 0.15) is 12.2 Å². The van der Waals surface area contributed by atoms with Crippen molar-refractivity contribution in [3.8, 4) is 0 Å². The van der Waals surface area contributed by atoms with Crippen molar-refractivity contribution in [2.24, 2.45) is 5.92 Å². The standard InChI is InChI=1S/C16H27N5O2/c1-13-17-5-6-20(13)10-8-19(4)16(23)14-11-15(22)21(12-14)9-7-18(2)3/h5-6,14H,7-12H2,1-4H3/t14-/m0/s1. The lowest BCUT2D eigenvalue weighted by molar-refractivity contribution is -0.134. The van der Waals surface area contributed by atoms with Gasteiger partial charge >= 0.3 is 0 Å². The Morgan fingerprint density at radius 2 is 2.04 bits per heavy atom. The smallest absolute Gasteiger partial charge is 0.227 e. The first kappa shape index (κ1) is 17.5. The minimum absolute atomic E-state index is 0.0588. The third-order valence-electron chi connectivity index (χ3n) is 4.36. The topological polar surface area (TPSA) is 61.7 Å². The van der Waals surface area contributed by atoms with Gasteiger partial charge in [0.05, 0.1) is 5.92 Å². The maximum Gasteiger partial charge on any atom is 0.227 e. The van der Waals surface area contributed by atoms with Crippen molar-refractivity contribution in [2.75, 3.05) is 47.3 Å². The molecule has 7 nitrogen and oxygen atoms in total. The molecule has 1 atom stereocenters. The highest BCUT2D eigenvalue weighted by Crippen LogP contribution is 2.19. The molecule has 0 unspecified atom stereocenters. The van der Waals surface area contributed by atoms with Gasteiger partial charge in [-0.3, -0.25) is 9.59 Å². The van der Waals surface area contributed by atoms with Crippen LogP contribution in [-0.4, -0.2) is 83.4 Å². The van der Waals surface area contributed by atoms with E-state index in [1.165, 1.54) is 0 Å². The second-order valence-electron chi connectivity index (χ2n) is 6.47. The van der Waals surface area contributed by atoms with Gasteiger partial charge in [0.2, 0.25) is 11.8 Å². The number of likely N-dealkylation sites (N-methyl/N-ethyl adjacent to an activating group) is 2. The van der Waals surface area contributed by atoms with Crippen molar-refractivity contribution < 1.29 is 9.59 Å². The van der Waals surface area contributed by atoms with Crippen LogP contribution in [0.25, 0.3) is 0 Å². The lowest BCUT2D eigenvalue weighted by Gasteiger charge is -2.22. The van der Waals surface area contributed by atoms with Crippen molar-refractivity contribution in [3.05, 3.63) is 18.2 Å². The molecular weight excluding hydrogens is 294 g/mol. The van der Waals surface area contributed by atoms with Gasteiger partial charge in [-0.2, -0.15) is 0 Å². The Kier molecular flexibility index (Phi) is 5.76. The summed E-state index contributed by atoms with van der Waals surface area (Å²) in [6.07, 6.45) is 4.01. The van der Waals surface area contributed by atoms with E-state index in [1.54, 1.807) is 16.0 Å². The zero-order valence-corrected chi connectivity index (χ0v) is 14.5. The van der Waals surface area contributed by atoms with Crippen LogP contribution in [0.5, 0.6) is 0 Å². The van der Waals surface area contributed by atoms with Gasteiger partial charge in [-0.15, -0.1) is 0 Å². The molecular formula is C16H27N5O2. The molecule has 2 amide bonds. The van der Waals surface area contributed by atoms with Gasteiger partial charge in [-0.25, -0.2) is 4.98 Å². The van der Waals surface area contributed by atoms with E-state index in [-0.39, 0.29) is 17.7 Å². The first-order valence-electron chi connectivity index (χ1n) is 8.03. The van der Waals surface area contributed by atoms with Crippen LogP contribution in [0.3, 0.4) is 0 Å². The van der Waals surface area contributed by atoms with E-state index < -0.39 is 0 Å². The van der Waals surface area contributed by atoms with Crippen LogP contribution in [0, 0.1) is 12.8 Å². The van der Waals surface area contributed by atoms with Crippen LogP contribution < -0.4 is 0 Å². The number of likely N-dealkylation sites (tertiary alicyclic amines) is 1. The fourth-order valence-electron chi connectivity index (χ4n) is 2.79. The molecule has 1 aromatic rings. The summed E-state index contributed by atoms with van der Waals surface area (Å²) in [4.78, 5) is 34.3. The Balaban J connectivity index is 1.83. The molecule has 0 saturated carbocycles. The van der Waals surface area contributed by atoms with E-state index >= 15 is 0 Å². The molecule has 1 aromatic heterocycles. The fraction of sp³-hybridized carbons (Fsp3) is 0.688. The highest BCUT2D eigenvalue weighted by molar-refractivity contribution is 5.89. The summed E-state index contributed by atoms with van der Waals surface area (Å²) in [6.45, 7) is 5.34. The zero-order chi connectivity index (χ0) is 17.0. The van der Waals surface area contributed by atoms with Gasteiger partial charge in [-0.1, -0.05) is 0 Å². The van der Waals surface area contributed by atoms with E-state index in [0.717, 1.165) is 18.9 Å². The molecule has 0 N–H and O–H groups in total. The molecule has 128 valence electrons. The minimum atomic E-state index is -0.210. The molecule has 0 spiro atoms. The quantitative estimate of drug-likeness (QED) is 0.712. The van der Waals surface area contributed by atoms with Gasteiger partial charge in [0.25, 0.3) is 0 Å². The van der Waals surface area contributed by atoms with Crippen molar-refractivity contribution in [1.29, 1.82) is 0 Å². The number of imidazole rings is 1. The predicted octanol–water partition coefficient (Wildman–Crippen LogP) is 0.0600. The third-order valence-corrected chi connectivity index (χ3v) is 4.36. The zero-order valence-electron chi connectivity index (χ0n) is 14.5. The lowest BCUT2D eigenvalue weighted by Crippen LogP contribution is -2.37. The molecule has 0 radical (unpaired) electrons. The van der Waals surface area contributed by atoms with Crippen molar-refractivity contribution in [3.63, 3.8) is 0 Å². The molecule has 2 rings (SSSR count). The Bertz CT molecular complexity index is 554. The first-order chi connectivity index (χ1) is 10.9. The second kappa shape index (κ2) is 7.59. The Morgan fingerprint density at radius 3 is 2.65 bits per heavy atom. The molecule has 0 bridgehead atoms. The maximum atomic E-state index is 12.5. The number of amides is 2. The predicted molar refractivity (Wildman–Crippen MR) is 87.8 cm³/mol. The highest BCUT2D eigenvalue weighted by atomic mass is 16.2. The molecule has 0 aliphatic carbocycles. The highest BCUT2D eigenvalue weighted by Gasteiger charge is 2.35. The largest absolute Gasteiger partial charge is 0.344 e. The van der Waals surface area contributed by atoms with Gasteiger partial charge < -0.3 is 19.3 Å². The molecule has 1 aliphatic rings. The van der Waals surface area contributed by atoms with Gasteiger partial charge in [-0.05, 0) is 21.0 Å². The van der Waals surface area contributed by atoms with E-state index in [4.69, 9.17) is 0 Å². The summed E-state index contributed by atoms with van der Waals surface area (Å²) in [7, 11) is 5.77. The van der Waals surface area contributed by atoms with E-state index in [9.17, 15) is 9.59 Å². The average molecular weight is 321 g/mol. The number of hydrogen-bond donors (Lipinski definition) is 0. The molecule has 2 heterocycles. The van der Waals surface area contributed by atoms with Gasteiger partial charge in [0.15, 0.2) is 0 Å². The van der Waals surface area contributed by atoms with Gasteiger partial charge in [0, 0.05) is 58.6 Å². The summed E-state index contributed by atoms with van der Waals surface area (Å²) >= 11 is 0. The molecule has 1 saturated heterocycles. The molecule has 7 heteroatoms. The molecule has 1 fully saturated rings. The van der Waals surface area contributed by atoms with Crippen LogP contribution in [0.4, 0.5) is 0 Å². The number of aromatic nitrogens is 2. The summed E-state index contributed by atoms with van der Waals surface area (Å²) < 4.78 is 2.02. The lowest BCUT2D eigenvalue weighted by atomic mass is 10.1. The summed E-state index contributed by atoms with van der Waals surface area (Å²) in [6, 6.07) is 0. The van der Waals surface area contributed by atoms with Crippen molar-refractivity contribution in [1.82, 2.24) is 24.3 Å².